The molecule has 0 aliphatic carbocycles. The molecule has 0 spiro atoms. The Hall–Kier alpha value is -2.48. The fourth-order valence-electron chi connectivity index (χ4n) is 2.73. The number of thiazole rings is 1. The van der Waals surface area contributed by atoms with Crippen LogP contribution in [0.4, 0.5) is 10.9 Å². The number of nitrogens with zero attached hydrogens (tertiary/aromatic N) is 1. The highest BCUT2D eigenvalue weighted by Crippen LogP contribution is 2.46. The summed E-state index contributed by atoms with van der Waals surface area (Å²) in [7, 11) is 2.96. The summed E-state index contributed by atoms with van der Waals surface area (Å²) in [6.07, 6.45) is 0.303. The molecule has 1 aromatic heterocycles. The Morgan fingerprint density at radius 3 is 2.62 bits per heavy atom. The van der Waals surface area contributed by atoms with Crippen molar-refractivity contribution >= 4 is 28.2 Å². The first kappa shape index (κ1) is 16.4. The molecule has 1 aliphatic rings. The van der Waals surface area contributed by atoms with E-state index in [0.29, 0.717) is 23.7 Å². The number of fused-ring (bicyclic) bond motifs is 1. The predicted octanol–water partition coefficient (Wildman–Crippen LogP) is 2.77. The molecule has 1 amide bonds. The Kier molecular flexibility index (Phi) is 4.48. The molecule has 128 valence electrons. The number of methoxy groups -OCH3 is 2. The van der Waals surface area contributed by atoms with Crippen molar-refractivity contribution in [2.75, 3.05) is 31.4 Å². The van der Waals surface area contributed by atoms with Gasteiger partial charge in [0.15, 0.2) is 16.6 Å². The molecular weight excluding hydrogens is 330 g/mol. The van der Waals surface area contributed by atoms with Crippen molar-refractivity contribution in [1.29, 1.82) is 0 Å². The summed E-state index contributed by atoms with van der Waals surface area (Å²) in [5, 5.41) is 16.8. The third-order valence-corrected chi connectivity index (χ3v) is 4.98. The van der Waals surface area contributed by atoms with Crippen molar-refractivity contribution in [3.05, 3.63) is 22.6 Å². The van der Waals surface area contributed by atoms with E-state index in [1.54, 1.807) is 12.1 Å². The molecular formula is C16H19N3O4S. The van der Waals surface area contributed by atoms with Gasteiger partial charge in [0, 0.05) is 18.9 Å². The summed E-state index contributed by atoms with van der Waals surface area (Å²) < 4.78 is 10.4. The van der Waals surface area contributed by atoms with Gasteiger partial charge in [0.1, 0.15) is 5.82 Å². The number of anilines is 2. The van der Waals surface area contributed by atoms with Gasteiger partial charge in [-0.05, 0) is 24.6 Å². The zero-order valence-electron chi connectivity index (χ0n) is 13.7. The maximum Gasteiger partial charge on any atom is 0.226 e. The molecule has 1 atom stereocenters. The molecule has 2 heterocycles. The van der Waals surface area contributed by atoms with Crippen LogP contribution in [0.15, 0.2) is 12.1 Å². The van der Waals surface area contributed by atoms with Crippen LogP contribution in [-0.2, 0) is 4.79 Å². The second-order valence-electron chi connectivity index (χ2n) is 5.34. The molecule has 0 unspecified atom stereocenters. The first-order valence-electron chi connectivity index (χ1n) is 7.56. The van der Waals surface area contributed by atoms with Crippen LogP contribution in [0, 0.1) is 0 Å². The molecule has 1 aliphatic heterocycles. The smallest absolute Gasteiger partial charge is 0.226 e. The highest BCUT2D eigenvalue weighted by molar-refractivity contribution is 7.16. The molecule has 7 nitrogen and oxygen atoms in total. The molecule has 0 radical (unpaired) electrons. The average Bonchev–Trinajstić information content (AvgIpc) is 2.97. The Balaban J connectivity index is 2.08. The van der Waals surface area contributed by atoms with Crippen molar-refractivity contribution in [1.82, 2.24) is 4.98 Å². The number of nitrogens with one attached hydrogen (secondary N) is 2. The lowest BCUT2D eigenvalue weighted by molar-refractivity contribution is -0.116. The van der Waals surface area contributed by atoms with Gasteiger partial charge in [-0.25, -0.2) is 4.98 Å². The van der Waals surface area contributed by atoms with E-state index in [9.17, 15) is 9.90 Å². The third kappa shape index (κ3) is 2.84. The first-order valence-corrected chi connectivity index (χ1v) is 8.38. The fourth-order valence-corrected chi connectivity index (χ4v) is 3.85. The molecule has 0 saturated heterocycles. The quantitative estimate of drug-likeness (QED) is 0.769. The lowest BCUT2D eigenvalue weighted by atomic mass is 9.91. The van der Waals surface area contributed by atoms with Gasteiger partial charge in [0.25, 0.3) is 0 Å². The molecule has 2 aromatic rings. The predicted molar refractivity (Wildman–Crippen MR) is 92.6 cm³/mol. The molecule has 0 bridgehead atoms. The number of amides is 1. The standard InChI is InChI=1S/C16H19N3O4S/c1-4-17-16-19-15-14(24-16)9(7-12(20)18-15)8-5-10(22-2)13(21)11(6-8)23-3/h5-6,9,21H,4,7H2,1-3H3,(H,17,19)(H,18,20)/t9-/m1/s1. The molecule has 3 rings (SSSR count). The van der Waals surface area contributed by atoms with Crippen LogP contribution in [0.25, 0.3) is 0 Å². The Morgan fingerprint density at radius 1 is 1.38 bits per heavy atom. The number of hydrogen-bond acceptors (Lipinski definition) is 7. The molecule has 3 N–H and O–H groups in total. The van der Waals surface area contributed by atoms with Crippen molar-refractivity contribution in [3.63, 3.8) is 0 Å². The number of phenols is 1. The number of aromatic hydroxyl groups is 1. The summed E-state index contributed by atoms with van der Waals surface area (Å²) >= 11 is 1.51. The molecule has 8 heteroatoms. The fraction of sp³-hybridized carbons (Fsp3) is 0.375. The average molecular weight is 349 g/mol. The van der Waals surface area contributed by atoms with Crippen LogP contribution in [0.2, 0.25) is 0 Å². The highest BCUT2D eigenvalue weighted by atomic mass is 32.1. The van der Waals surface area contributed by atoms with E-state index in [2.05, 4.69) is 15.6 Å². The Bertz CT molecular complexity index is 750. The summed E-state index contributed by atoms with van der Waals surface area (Å²) in [6, 6.07) is 3.47. The van der Waals surface area contributed by atoms with Crippen LogP contribution >= 0.6 is 11.3 Å². The summed E-state index contributed by atoms with van der Waals surface area (Å²) in [5.41, 5.74) is 0.837. The second kappa shape index (κ2) is 6.56. The largest absolute Gasteiger partial charge is 0.502 e. The van der Waals surface area contributed by atoms with Crippen molar-refractivity contribution in [3.8, 4) is 17.2 Å². The number of benzene rings is 1. The molecule has 0 saturated carbocycles. The molecule has 0 fully saturated rings. The van der Waals surface area contributed by atoms with Gasteiger partial charge in [0.2, 0.25) is 11.7 Å². The minimum absolute atomic E-state index is 0.0538. The summed E-state index contributed by atoms with van der Waals surface area (Å²) in [6.45, 7) is 2.75. The van der Waals surface area contributed by atoms with E-state index in [-0.39, 0.29) is 17.6 Å². The van der Waals surface area contributed by atoms with Gasteiger partial charge in [-0.2, -0.15) is 0 Å². The van der Waals surface area contributed by atoms with Crippen LogP contribution in [0.5, 0.6) is 17.2 Å². The lowest BCUT2D eigenvalue weighted by Gasteiger charge is -2.22. The molecule has 1 aromatic carbocycles. The van der Waals surface area contributed by atoms with Crippen molar-refractivity contribution in [2.24, 2.45) is 0 Å². The van der Waals surface area contributed by atoms with Gasteiger partial charge < -0.3 is 25.2 Å². The van der Waals surface area contributed by atoms with Crippen molar-refractivity contribution in [2.45, 2.75) is 19.3 Å². The van der Waals surface area contributed by atoms with Gasteiger partial charge in [-0.3, -0.25) is 4.79 Å². The van der Waals surface area contributed by atoms with Crippen LogP contribution < -0.4 is 20.1 Å². The zero-order valence-corrected chi connectivity index (χ0v) is 14.5. The van der Waals surface area contributed by atoms with E-state index < -0.39 is 0 Å². The SMILES string of the molecule is CCNc1nc2c(s1)[C@@H](c1cc(OC)c(O)c(OC)c1)CC(=O)N2. The number of aromatic nitrogens is 1. The third-order valence-electron chi connectivity index (χ3n) is 3.85. The summed E-state index contributed by atoms with van der Waals surface area (Å²) in [4.78, 5) is 17.5. The minimum atomic E-state index is -0.165. The number of phenolic OH excluding ortho intramolecular Hbond substituents is 1. The normalized spacial score (nSPS) is 16.3. The van der Waals surface area contributed by atoms with Gasteiger partial charge in [-0.15, -0.1) is 0 Å². The second-order valence-corrected chi connectivity index (χ2v) is 6.37. The van der Waals surface area contributed by atoms with E-state index in [1.165, 1.54) is 25.6 Å². The Labute approximate surface area is 143 Å². The first-order chi connectivity index (χ1) is 11.6. The number of rotatable bonds is 5. The highest BCUT2D eigenvalue weighted by Gasteiger charge is 2.31. The van der Waals surface area contributed by atoms with Gasteiger partial charge in [-0.1, -0.05) is 11.3 Å². The lowest BCUT2D eigenvalue weighted by Crippen LogP contribution is -2.22. The van der Waals surface area contributed by atoms with Crippen molar-refractivity contribution < 1.29 is 19.4 Å². The topological polar surface area (TPSA) is 92.7 Å². The maximum absolute atomic E-state index is 12.1. The number of carbonyl (C=O) groups excluding carboxylic acids is 1. The van der Waals surface area contributed by atoms with Crippen LogP contribution in [0.3, 0.4) is 0 Å². The summed E-state index contributed by atoms with van der Waals surface area (Å²) in [5.74, 6) is 0.903. The van der Waals surface area contributed by atoms with Gasteiger partial charge >= 0.3 is 0 Å². The maximum atomic E-state index is 12.1. The molecule has 24 heavy (non-hydrogen) atoms. The van der Waals surface area contributed by atoms with Crippen LogP contribution in [0.1, 0.15) is 29.7 Å². The van der Waals surface area contributed by atoms with E-state index in [4.69, 9.17) is 9.47 Å². The van der Waals surface area contributed by atoms with Gasteiger partial charge in [0.05, 0.1) is 19.1 Å². The monoisotopic (exact) mass is 349 g/mol. The number of ether oxygens (including phenoxy) is 2. The Morgan fingerprint density at radius 2 is 2.04 bits per heavy atom. The minimum Gasteiger partial charge on any atom is -0.502 e. The zero-order chi connectivity index (χ0) is 17.3. The van der Waals surface area contributed by atoms with E-state index in [1.807, 2.05) is 6.92 Å². The number of hydrogen-bond donors (Lipinski definition) is 3. The van der Waals surface area contributed by atoms with E-state index >= 15 is 0 Å². The number of carbonyl (C=O) groups is 1. The van der Waals surface area contributed by atoms with Crippen LogP contribution in [-0.4, -0.2) is 36.8 Å². The van der Waals surface area contributed by atoms with E-state index in [0.717, 1.165) is 22.1 Å².